The first-order valence-corrected chi connectivity index (χ1v) is 8.99. The van der Waals surface area contributed by atoms with E-state index in [4.69, 9.17) is 25.8 Å². The van der Waals surface area contributed by atoms with E-state index in [9.17, 15) is 4.79 Å². The molecule has 0 spiro atoms. The van der Waals surface area contributed by atoms with Crippen LogP contribution in [0.15, 0.2) is 54.3 Å². The van der Waals surface area contributed by atoms with Crippen molar-refractivity contribution in [3.63, 3.8) is 0 Å². The van der Waals surface area contributed by atoms with Crippen LogP contribution in [0.1, 0.15) is 25.0 Å². The maximum absolute atomic E-state index is 11.9. The summed E-state index contributed by atoms with van der Waals surface area (Å²) in [5.41, 5.74) is 2.01. The molecule has 0 heterocycles. The average molecular weight is 375 g/mol. The SMILES string of the molecule is CCOC(=O)/C(=C\c1ccc(OCCc2ccc(Cl)cc2)cc1)OCC. The second-order valence-electron chi connectivity index (χ2n) is 5.46. The normalized spacial score (nSPS) is 11.1. The minimum Gasteiger partial charge on any atom is -0.493 e. The number of halogens is 1. The largest absolute Gasteiger partial charge is 0.493 e. The topological polar surface area (TPSA) is 44.8 Å². The van der Waals surface area contributed by atoms with Crippen molar-refractivity contribution in [2.24, 2.45) is 0 Å². The first kappa shape index (κ1) is 19.9. The molecule has 0 bridgehead atoms. The van der Waals surface area contributed by atoms with E-state index in [-0.39, 0.29) is 5.76 Å². The Morgan fingerprint density at radius 1 is 0.962 bits per heavy atom. The molecule has 2 aromatic carbocycles. The number of carbonyl (C=O) groups excluding carboxylic acids is 1. The number of esters is 1. The van der Waals surface area contributed by atoms with E-state index >= 15 is 0 Å². The predicted octanol–water partition coefficient (Wildman–Crippen LogP) is 4.90. The van der Waals surface area contributed by atoms with Crippen LogP contribution >= 0.6 is 11.6 Å². The van der Waals surface area contributed by atoms with Gasteiger partial charge in [-0.1, -0.05) is 35.9 Å². The molecule has 0 saturated carbocycles. The summed E-state index contributed by atoms with van der Waals surface area (Å²) >= 11 is 5.88. The lowest BCUT2D eigenvalue weighted by Crippen LogP contribution is -2.10. The lowest BCUT2D eigenvalue weighted by Gasteiger charge is -2.09. The van der Waals surface area contributed by atoms with Gasteiger partial charge in [0, 0.05) is 11.4 Å². The van der Waals surface area contributed by atoms with Crippen molar-refractivity contribution in [3.8, 4) is 5.75 Å². The molecule has 0 amide bonds. The Labute approximate surface area is 159 Å². The van der Waals surface area contributed by atoms with Crippen LogP contribution in [-0.4, -0.2) is 25.8 Å². The highest BCUT2D eigenvalue weighted by atomic mass is 35.5. The highest BCUT2D eigenvalue weighted by Crippen LogP contribution is 2.16. The number of ether oxygens (including phenoxy) is 3. The van der Waals surface area contributed by atoms with Crippen LogP contribution in [0.2, 0.25) is 5.02 Å². The molecule has 5 heteroatoms. The molecule has 4 nitrogen and oxygen atoms in total. The van der Waals surface area contributed by atoms with Crippen molar-refractivity contribution in [2.75, 3.05) is 19.8 Å². The molecule has 2 aromatic rings. The molecule has 0 fully saturated rings. The lowest BCUT2D eigenvalue weighted by molar-refractivity contribution is -0.142. The fourth-order valence-corrected chi connectivity index (χ4v) is 2.39. The lowest BCUT2D eigenvalue weighted by atomic mass is 10.1. The molecule has 0 aromatic heterocycles. The third-order valence-electron chi connectivity index (χ3n) is 3.53. The van der Waals surface area contributed by atoms with Gasteiger partial charge in [-0.3, -0.25) is 0 Å². The van der Waals surface area contributed by atoms with Crippen molar-refractivity contribution in [1.82, 2.24) is 0 Å². The standard InChI is InChI=1S/C21H23ClO4/c1-3-24-20(21(23)25-4-2)15-17-7-11-19(12-8-17)26-14-13-16-5-9-18(22)10-6-16/h5-12,15H,3-4,13-14H2,1-2H3/b20-15+. The molecule has 0 aliphatic rings. The van der Waals surface area contributed by atoms with Gasteiger partial charge in [-0.05, 0) is 55.3 Å². The van der Waals surface area contributed by atoms with E-state index in [1.54, 1.807) is 13.0 Å². The average Bonchev–Trinajstić information content (AvgIpc) is 2.64. The van der Waals surface area contributed by atoms with Crippen LogP contribution in [-0.2, 0) is 20.7 Å². The number of carbonyl (C=O) groups is 1. The second-order valence-corrected chi connectivity index (χ2v) is 5.89. The highest BCUT2D eigenvalue weighted by molar-refractivity contribution is 6.30. The van der Waals surface area contributed by atoms with E-state index in [1.165, 1.54) is 5.56 Å². The minimum atomic E-state index is -0.461. The fourth-order valence-electron chi connectivity index (χ4n) is 2.27. The summed E-state index contributed by atoms with van der Waals surface area (Å²) in [6.45, 7) is 4.87. The smallest absolute Gasteiger partial charge is 0.373 e. The molecule has 0 N–H and O–H groups in total. The zero-order valence-electron chi connectivity index (χ0n) is 15.0. The maximum atomic E-state index is 11.9. The van der Waals surface area contributed by atoms with Crippen molar-refractivity contribution in [2.45, 2.75) is 20.3 Å². The molecule has 0 aliphatic carbocycles. The van der Waals surface area contributed by atoms with Gasteiger partial charge in [0.05, 0.1) is 19.8 Å². The van der Waals surface area contributed by atoms with Crippen LogP contribution in [0.3, 0.4) is 0 Å². The molecule has 0 aliphatic heterocycles. The number of hydrogen-bond donors (Lipinski definition) is 0. The molecule has 26 heavy (non-hydrogen) atoms. The second kappa shape index (κ2) is 10.5. The van der Waals surface area contributed by atoms with Crippen molar-refractivity contribution >= 4 is 23.6 Å². The first-order chi connectivity index (χ1) is 12.6. The molecule has 0 saturated heterocycles. The summed E-state index contributed by atoms with van der Waals surface area (Å²) in [6, 6.07) is 15.2. The van der Waals surface area contributed by atoms with Crippen LogP contribution < -0.4 is 4.74 Å². The number of benzene rings is 2. The molecule has 138 valence electrons. The Morgan fingerprint density at radius 2 is 1.62 bits per heavy atom. The third-order valence-corrected chi connectivity index (χ3v) is 3.78. The minimum absolute atomic E-state index is 0.200. The third kappa shape index (κ3) is 6.45. The highest BCUT2D eigenvalue weighted by Gasteiger charge is 2.11. The Balaban J connectivity index is 1.92. The Bertz CT molecular complexity index is 721. The molecule has 2 rings (SSSR count). The molecule has 0 radical (unpaired) electrons. The maximum Gasteiger partial charge on any atom is 0.373 e. The van der Waals surface area contributed by atoms with E-state index in [2.05, 4.69) is 0 Å². The van der Waals surface area contributed by atoms with Gasteiger partial charge in [0.25, 0.3) is 0 Å². The summed E-state index contributed by atoms with van der Waals surface area (Å²) in [7, 11) is 0. The fraction of sp³-hybridized carbons (Fsp3) is 0.286. The van der Waals surface area contributed by atoms with Crippen molar-refractivity contribution in [3.05, 3.63) is 70.4 Å². The molecular formula is C21H23ClO4. The van der Waals surface area contributed by atoms with Crippen molar-refractivity contribution in [1.29, 1.82) is 0 Å². The van der Waals surface area contributed by atoms with E-state index in [1.807, 2.05) is 55.5 Å². The monoisotopic (exact) mass is 374 g/mol. The summed E-state index contributed by atoms with van der Waals surface area (Å²) in [5.74, 6) is 0.508. The van der Waals surface area contributed by atoms with Gasteiger partial charge in [-0.25, -0.2) is 4.79 Å². The zero-order valence-corrected chi connectivity index (χ0v) is 15.8. The van der Waals surface area contributed by atoms with Gasteiger partial charge >= 0.3 is 5.97 Å². The van der Waals surface area contributed by atoms with Crippen molar-refractivity contribution < 1.29 is 19.0 Å². The summed E-state index contributed by atoms with van der Waals surface area (Å²) in [5, 5.41) is 0.729. The Morgan fingerprint density at radius 3 is 2.23 bits per heavy atom. The van der Waals surface area contributed by atoms with Gasteiger partial charge in [-0.2, -0.15) is 0 Å². The van der Waals surface area contributed by atoms with Gasteiger partial charge in [0.15, 0.2) is 0 Å². The van der Waals surface area contributed by atoms with Crippen LogP contribution in [0.5, 0.6) is 5.75 Å². The van der Waals surface area contributed by atoms with E-state index in [0.29, 0.717) is 19.8 Å². The zero-order chi connectivity index (χ0) is 18.8. The van der Waals surface area contributed by atoms with Gasteiger partial charge in [-0.15, -0.1) is 0 Å². The molecule has 0 atom stereocenters. The van der Waals surface area contributed by atoms with Crippen LogP contribution in [0.25, 0.3) is 6.08 Å². The quantitative estimate of drug-likeness (QED) is 0.355. The van der Waals surface area contributed by atoms with Gasteiger partial charge in [0.2, 0.25) is 5.76 Å². The van der Waals surface area contributed by atoms with Gasteiger partial charge in [0.1, 0.15) is 5.75 Å². The van der Waals surface area contributed by atoms with E-state index in [0.717, 1.165) is 22.8 Å². The predicted molar refractivity (Wildman–Crippen MR) is 103 cm³/mol. The van der Waals surface area contributed by atoms with Crippen LogP contribution in [0, 0.1) is 0 Å². The van der Waals surface area contributed by atoms with Crippen LogP contribution in [0.4, 0.5) is 0 Å². The summed E-state index contributed by atoms with van der Waals surface area (Å²) < 4.78 is 16.1. The number of rotatable bonds is 9. The molecule has 0 unspecified atom stereocenters. The Kier molecular flexibility index (Phi) is 8.03. The van der Waals surface area contributed by atoms with E-state index < -0.39 is 5.97 Å². The number of hydrogen-bond acceptors (Lipinski definition) is 4. The van der Waals surface area contributed by atoms with Gasteiger partial charge < -0.3 is 14.2 Å². The summed E-state index contributed by atoms with van der Waals surface area (Å²) in [6.07, 6.45) is 2.47. The molecular weight excluding hydrogens is 352 g/mol. The Hall–Kier alpha value is -2.46. The summed E-state index contributed by atoms with van der Waals surface area (Å²) in [4.78, 5) is 11.9. The first-order valence-electron chi connectivity index (χ1n) is 8.61.